The molecule has 0 spiro atoms. The summed E-state index contributed by atoms with van der Waals surface area (Å²) < 4.78 is 2.31. The molecule has 1 aromatic heterocycles. The van der Waals surface area contributed by atoms with E-state index in [4.69, 9.17) is 0 Å². The quantitative estimate of drug-likeness (QED) is 0.456. The van der Waals surface area contributed by atoms with E-state index in [2.05, 4.69) is 115 Å². The van der Waals surface area contributed by atoms with Gasteiger partial charge in [0.25, 0.3) is 0 Å². The number of imidazole rings is 1. The topological polar surface area (TPSA) is 17.8 Å². The molecule has 3 aromatic carbocycles. The van der Waals surface area contributed by atoms with Crippen LogP contribution in [0.4, 0.5) is 0 Å². The monoisotopic (exact) mass is 382 g/mol. The predicted octanol–water partition coefficient (Wildman–Crippen LogP) is 4.25. The van der Waals surface area contributed by atoms with Crippen LogP contribution in [0.2, 0.25) is 0 Å². The Bertz CT molecular complexity index is 952. The molecule has 0 bridgehead atoms. The second-order valence-corrected chi connectivity index (χ2v) is 9.83. The lowest BCUT2D eigenvalue weighted by Crippen LogP contribution is -2.46. The van der Waals surface area contributed by atoms with Crippen molar-refractivity contribution in [3.05, 3.63) is 120 Å². The molecular weight excluding hydrogens is 356 g/mol. The molecule has 4 rings (SSSR count). The summed E-state index contributed by atoms with van der Waals surface area (Å²) in [6, 6.07) is 31.0. The van der Waals surface area contributed by atoms with Crippen LogP contribution in [0.25, 0.3) is 0 Å². The van der Waals surface area contributed by atoms with E-state index in [1.165, 1.54) is 21.9 Å². The van der Waals surface area contributed by atoms with Crippen molar-refractivity contribution in [1.82, 2.24) is 9.55 Å². The van der Waals surface area contributed by atoms with Crippen molar-refractivity contribution >= 4 is 14.7 Å². The van der Waals surface area contributed by atoms with Crippen molar-refractivity contribution in [2.45, 2.75) is 24.9 Å². The molecule has 0 saturated heterocycles. The number of hydrogen-bond donors (Lipinski definition) is 0. The molecule has 140 valence electrons. The van der Waals surface area contributed by atoms with Gasteiger partial charge in [-0.2, -0.15) is 0 Å². The Kier molecular flexibility index (Phi) is 5.26. The minimum absolute atomic E-state index is 0.210. The van der Waals surface area contributed by atoms with Crippen molar-refractivity contribution in [3.8, 4) is 0 Å². The van der Waals surface area contributed by atoms with Crippen LogP contribution in [0.3, 0.4) is 0 Å². The minimum Gasteiger partial charge on any atom is -0.326 e. The van der Waals surface area contributed by atoms with Crippen LogP contribution in [0.1, 0.15) is 36.5 Å². The van der Waals surface area contributed by atoms with Crippen molar-refractivity contribution < 1.29 is 0 Å². The molecule has 0 aliphatic heterocycles. The summed E-state index contributed by atoms with van der Waals surface area (Å²) in [5, 5.41) is 1.24. The highest BCUT2D eigenvalue weighted by atomic mass is 28.2. The van der Waals surface area contributed by atoms with E-state index in [0.717, 1.165) is 0 Å². The summed E-state index contributed by atoms with van der Waals surface area (Å²) in [6.45, 7) is 4.49. The van der Waals surface area contributed by atoms with Gasteiger partial charge in [-0.25, -0.2) is 4.98 Å². The van der Waals surface area contributed by atoms with E-state index in [0.29, 0.717) is 5.92 Å². The van der Waals surface area contributed by atoms with Crippen LogP contribution in [0.15, 0.2) is 104 Å². The van der Waals surface area contributed by atoms with Crippen molar-refractivity contribution in [2.24, 2.45) is 0 Å². The molecule has 4 aromatic rings. The van der Waals surface area contributed by atoms with E-state index in [9.17, 15) is 0 Å². The number of nitrogens with zero attached hydrogens (tertiary/aromatic N) is 2. The van der Waals surface area contributed by atoms with E-state index in [-0.39, 0.29) is 5.16 Å². The molecule has 2 nitrogen and oxygen atoms in total. The third kappa shape index (κ3) is 3.46. The van der Waals surface area contributed by atoms with Gasteiger partial charge in [-0.1, -0.05) is 104 Å². The molecule has 0 radical (unpaired) electrons. The number of aromatic nitrogens is 2. The highest BCUT2D eigenvalue weighted by Crippen LogP contribution is 2.33. The zero-order valence-corrected chi connectivity index (χ0v) is 17.9. The first-order valence-corrected chi connectivity index (χ1v) is 11.3. The maximum atomic E-state index is 4.40. The highest BCUT2D eigenvalue weighted by Gasteiger charge is 2.36. The third-order valence-electron chi connectivity index (χ3n) is 5.55. The Morgan fingerprint density at radius 1 is 0.786 bits per heavy atom. The molecule has 0 amide bonds. The van der Waals surface area contributed by atoms with Gasteiger partial charge in [-0.05, 0) is 22.6 Å². The fourth-order valence-corrected chi connectivity index (χ4v) is 6.30. The molecule has 0 fully saturated rings. The van der Waals surface area contributed by atoms with Crippen LogP contribution in [0.5, 0.6) is 0 Å². The van der Waals surface area contributed by atoms with Gasteiger partial charge in [0.2, 0.25) is 0 Å². The standard InChI is InChI=1S/C25H26N2Si/c1-20(2)21-13-15-24(16-14-21)28-25(27-18-17-26-19-27,22-9-5-3-6-10-22)23-11-7-4-8-12-23/h3-20H,28H2,1-2H3. The maximum Gasteiger partial charge on any atom is 0.0965 e. The Balaban J connectivity index is 1.90. The van der Waals surface area contributed by atoms with Crippen LogP contribution < -0.4 is 5.19 Å². The zero-order valence-electron chi connectivity index (χ0n) is 16.5. The number of hydrogen-bond acceptors (Lipinski definition) is 1. The fraction of sp³-hybridized carbons (Fsp3) is 0.160. The molecule has 0 atom stereocenters. The van der Waals surface area contributed by atoms with Crippen molar-refractivity contribution in [1.29, 1.82) is 0 Å². The van der Waals surface area contributed by atoms with Gasteiger partial charge >= 0.3 is 0 Å². The SMILES string of the molecule is CC(C)c1ccc([SiH2]C(c2ccccc2)(c2ccccc2)n2ccnc2)cc1. The van der Waals surface area contributed by atoms with Gasteiger partial charge in [-0.3, -0.25) is 0 Å². The van der Waals surface area contributed by atoms with Crippen LogP contribution in [-0.4, -0.2) is 19.1 Å². The molecule has 0 saturated carbocycles. The molecule has 3 heteroatoms. The first kappa shape index (κ1) is 18.5. The molecule has 0 aliphatic rings. The molecule has 0 aliphatic carbocycles. The molecule has 1 heterocycles. The third-order valence-corrected chi connectivity index (χ3v) is 8.13. The average molecular weight is 383 g/mol. The minimum atomic E-state index is -0.787. The highest BCUT2D eigenvalue weighted by molar-refractivity contribution is 6.57. The smallest absolute Gasteiger partial charge is 0.0965 e. The summed E-state index contributed by atoms with van der Waals surface area (Å²) >= 11 is 0. The normalized spacial score (nSPS) is 12.1. The van der Waals surface area contributed by atoms with E-state index < -0.39 is 9.52 Å². The second-order valence-electron chi connectivity index (χ2n) is 7.64. The van der Waals surface area contributed by atoms with Gasteiger partial charge in [-0.15, -0.1) is 0 Å². The zero-order chi connectivity index (χ0) is 19.4. The Morgan fingerprint density at radius 3 is 1.82 bits per heavy atom. The van der Waals surface area contributed by atoms with E-state index >= 15 is 0 Å². The van der Waals surface area contributed by atoms with Gasteiger partial charge in [0.1, 0.15) is 0 Å². The first-order chi connectivity index (χ1) is 13.7. The lowest BCUT2D eigenvalue weighted by Gasteiger charge is -2.37. The molecule has 0 N–H and O–H groups in total. The van der Waals surface area contributed by atoms with Crippen LogP contribution in [-0.2, 0) is 5.16 Å². The Hall–Kier alpha value is -2.91. The predicted molar refractivity (Wildman–Crippen MR) is 120 cm³/mol. The lowest BCUT2D eigenvalue weighted by atomic mass is 9.97. The van der Waals surface area contributed by atoms with Crippen molar-refractivity contribution in [2.75, 3.05) is 0 Å². The number of rotatable bonds is 6. The Morgan fingerprint density at radius 2 is 1.36 bits per heavy atom. The van der Waals surface area contributed by atoms with Gasteiger partial charge < -0.3 is 4.57 Å². The van der Waals surface area contributed by atoms with Crippen molar-refractivity contribution in [3.63, 3.8) is 0 Å². The van der Waals surface area contributed by atoms with E-state index in [1.807, 2.05) is 12.5 Å². The second kappa shape index (κ2) is 7.99. The summed E-state index contributed by atoms with van der Waals surface area (Å²) in [4.78, 5) is 4.40. The van der Waals surface area contributed by atoms with Gasteiger partial charge in [0.15, 0.2) is 0 Å². The molecule has 28 heavy (non-hydrogen) atoms. The molecule has 0 unspecified atom stereocenters. The van der Waals surface area contributed by atoms with E-state index in [1.54, 1.807) is 0 Å². The summed E-state index contributed by atoms with van der Waals surface area (Å²) in [7, 11) is -0.787. The van der Waals surface area contributed by atoms with Crippen LogP contribution in [0, 0.1) is 0 Å². The Labute approximate surface area is 169 Å². The first-order valence-electron chi connectivity index (χ1n) is 9.88. The largest absolute Gasteiger partial charge is 0.326 e. The molecular formula is C25H26N2Si. The lowest BCUT2D eigenvalue weighted by molar-refractivity contribution is 0.596. The number of benzene rings is 3. The summed E-state index contributed by atoms with van der Waals surface area (Å²) in [5.74, 6) is 0.553. The fourth-order valence-electron chi connectivity index (χ4n) is 3.99. The average Bonchev–Trinajstić information content (AvgIpc) is 3.29. The van der Waals surface area contributed by atoms with Gasteiger partial charge in [0, 0.05) is 12.4 Å². The van der Waals surface area contributed by atoms with Crippen LogP contribution >= 0.6 is 0 Å². The summed E-state index contributed by atoms with van der Waals surface area (Å²) in [5.41, 5.74) is 4.03. The maximum absolute atomic E-state index is 4.40. The summed E-state index contributed by atoms with van der Waals surface area (Å²) in [6.07, 6.45) is 5.96. The van der Waals surface area contributed by atoms with Gasteiger partial charge in [0.05, 0.1) is 21.0 Å².